The lowest BCUT2D eigenvalue weighted by Crippen LogP contribution is -2.24. The van der Waals surface area contributed by atoms with Gasteiger partial charge in [-0.2, -0.15) is 0 Å². The Morgan fingerprint density at radius 3 is 2.94 bits per heavy atom. The Labute approximate surface area is 94.3 Å². The maximum Gasteiger partial charge on any atom is 0.238 e. The first kappa shape index (κ1) is 10.7. The smallest absolute Gasteiger partial charge is 0.238 e. The molecule has 0 unspecified atom stereocenters. The molecule has 0 aliphatic carbocycles. The van der Waals surface area contributed by atoms with Gasteiger partial charge in [0.25, 0.3) is 0 Å². The molecule has 0 aliphatic heterocycles. The van der Waals surface area contributed by atoms with Crippen LogP contribution in [0.5, 0.6) is 0 Å². The van der Waals surface area contributed by atoms with Crippen LogP contribution in [-0.4, -0.2) is 24.1 Å². The summed E-state index contributed by atoms with van der Waals surface area (Å²) >= 11 is 0. The summed E-state index contributed by atoms with van der Waals surface area (Å²) < 4.78 is 2.05. The Bertz CT molecular complexity index is 516. The number of hydrogen-bond acceptors (Lipinski definition) is 2. The largest absolute Gasteiger partial charge is 0.351 e. The molecule has 1 aromatic heterocycles. The van der Waals surface area contributed by atoms with Gasteiger partial charge in [-0.15, -0.1) is 0 Å². The van der Waals surface area contributed by atoms with Gasteiger partial charge < -0.3 is 15.2 Å². The quantitative estimate of drug-likeness (QED) is 0.815. The highest BCUT2D eigenvalue weighted by Crippen LogP contribution is 2.19. The molecule has 0 radical (unpaired) electrons. The van der Waals surface area contributed by atoms with Crippen LogP contribution in [-0.2, 0) is 11.8 Å². The molecule has 1 amide bonds. The minimum atomic E-state index is -0.0298. The molecule has 2 rings (SSSR count). The Hall–Kier alpha value is -1.81. The number of benzene rings is 1. The predicted octanol–water partition coefficient (Wildman–Crippen LogP) is 1.34. The second-order valence-electron chi connectivity index (χ2n) is 3.78. The lowest BCUT2D eigenvalue weighted by atomic mass is 10.2. The second kappa shape index (κ2) is 4.37. The average Bonchev–Trinajstić information content (AvgIpc) is 2.60. The van der Waals surface area contributed by atoms with Gasteiger partial charge in [0.2, 0.25) is 5.91 Å². The highest BCUT2D eigenvalue weighted by atomic mass is 16.1. The molecule has 4 nitrogen and oxygen atoms in total. The minimum absolute atomic E-state index is 0.0298. The Morgan fingerprint density at radius 2 is 2.19 bits per heavy atom. The van der Waals surface area contributed by atoms with E-state index in [1.165, 1.54) is 0 Å². The summed E-state index contributed by atoms with van der Waals surface area (Å²) in [5.41, 5.74) is 1.99. The summed E-state index contributed by atoms with van der Waals surface area (Å²) in [5.74, 6) is -0.0298. The van der Waals surface area contributed by atoms with Gasteiger partial charge in [0.05, 0.1) is 6.54 Å². The van der Waals surface area contributed by atoms with Gasteiger partial charge in [0.15, 0.2) is 0 Å². The zero-order valence-electron chi connectivity index (χ0n) is 9.45. The molecule has 0 saturated carbocycles. The molecule has 0 fully saturated rings. The number of carbonyl (C=O) groups excluding carboxylic acids is 1. The molecule has 0 aliphatic rings. The molecule has 0 bridgehead atoms. The second-order valence-corrected chi connectivity index (χ2v) is 3.78. The summed E-state index contributed by atoms with van der Waals surface area (Å²) in [7, 11) is 3.75. The normalized spacial score (nSPS) is 10.6. The molecule has 1 aromatic carbocycles. The number of aryl methyl sites for hydroxylation is 1. The number of rotatable bonds is 3. The van der Waals surface area contributed by atoms with Crippen molar-refractivity contribution in [3.63, 3.8) is 0 Å². The van der Waals surface area contributed by atoms with E-state index in [9.17, 15) is 4.79 Å². The van der Waals surface area contributed by atoms with Crippen molar-refractivity contribution in [1.82, 2.24) is 9.88 Å². The van der Waals surface area contributed by atoms with E-state index in [1.54, 1.807) is 7.05 Å². The number of amides is 1. The van der Waals surface area contributed by atoms with Crippen LogP contribution in [0.2, 0.25) is 0 Å². The highest BCUT2D eigenvalue weighted by molar-refractivity contribution is 5.94. The number of nitrogens with zero attached hydrogens (tertiary/aromatic N) is 1. The fourth-order valence-corrected chi connectivity index (χ4v) is 1.73. The molecule has 4 heteroatoms. The lowest BCUT2D eigenvalue weighted by Gasteiger charge is -2.05. The van der Waals surface area contributed by atoms with Gasteiger partial charge in [0.1, 0.15) is 0 Å². The molecule has 1 heterocycles. The zero-order valence-corrected chi connectivity index (χ0v) is 9.45. The van der Waals surface area contributed by atoms with E-state index in [2.05, 4.69) is 15.2 Å². The van der Waals surface area contributed by atoms with Crippen LogP contribution < -0.4 is 10.6 Å². The van der Waals surface area contributed by atoms with Gasteiger partial charge in [-0.3, -0.25) is 4.79 Å². The average molecular weight is 217 g/mol. The molecular weight excluding hydrogens is 202 g/mol. The number of likely N-dealkylation sites (N-methyl/N-ethyl adjacent to an activating group) is 1. The zero-order chi connectivity index (χ0) is 11.5. The van der Waals surface area contributed by atoms with Crippen LogP contribution in [0.3, 0.4) is 0 Å². The predicted molar refractivity (Wildman–Crippen MR) is 65.5 cm³/mol. The standard InChI is InChI=1S/C12H15N3O/c1-13-8-12(16)14-10-3-4-11-9(7-10)5-6-15(11)2/h3-7,13H,8H2,1-2H3,(H,14,16). The third kappa shape index (κ3) is 2.06. The maximum atomic E-state index is 11.4. The molecule has 0 saturated heterocycles. The lowest BCUT2D eigenvalue weighted by molar-refractivity contribution is -0.115. The molecular formula is C12H15N3O. The highest BCUT2D eigenvalue weighted by Gasteiger charge is 2.02. The first-order valence-electron chi connectivity index (χ1n) is 5.20. The van der Waals surface area contributed by atoms with Crippen LogP contribution >= 0.6 is 0 Å². The number of hydrogen-bond donors (Lipinski definition) is 2. The van der Waals surface area contributed by atoms with Crippen molar-refractivity contribution in [2.75, 3.05) is 18.9 Å². The SMILES string of the molecule is CNCC(=O)Nc1ccc2c(ccn2C)c1. The van der Waals surface area contributed by atoms with Crippen molar-refractivity contribution in [2.45, 2.75) is 0 Å². The minimum Gasteiger partial charge on any atom is -0.351 e. The third-order valence-electron chi connectivity index (χ3n) is 2.51. The van der Waals surface area contributed by atoms with E-state index in [1.807, 2.05) is 37.5 Å². The number of aromatic nitrogens is 1. The van der Waals surface area contributed by atoms with E-state index < -0.39 is 0 Å². The van der Waals surface area contributed by atoms with Crippen molar-refractivity contribution >= 4 is 22.5 Å². The Morgan fingerprint density at radius 1 is 1.38 bits per heavy atom. The Balaban J connectivity index is 2.23. The van der Waals surface area contributed by atoms with Crippen LogP contribution in [0, 0.1) is 0 Å². The van der Waals surface area contributed by atoms with E-state index in [-0.39, 0.29) is 5.91 Å². The molecule has 2 N–H and O–H groups in total. The summed E-state index contributed by atoms with van der Waals surface area (Å²) in [4.78, 5) is 11.4. The van der Waals surface area contributed by atoms with Gasteiger partial charge in [0, 0.05) is 29.8 Å². The molecule has 2 aromatic rings. The maximum absolute atomic E-state index is 11.4. The van der Waals surface area contributed by atoms with Gasteiger partial charge >= 0.3 is 0 Å². The molecule has 84 valence electrons. The summed E-state index contributed by atoms with van der Waals surface area (Å²) in [6, 6.07) is 7.92. The van der Waals surface area contributed by atoms with E-state index in [0.29, 0.717) is 6.54 Å². The number of nitrogens with one attached hydrogen (secondary N) is 2. The van der Waals surface area contributed by atoms with Crippen molar-refractivity contribution in [1.29, 1.82) is 0 Å². The van der Waals surface area contributed by atoms with Crippen LogP contribution in [0.25, 0.3) is 10.9 Å². The topological polar surface area (TPSA) is 46.1 Å². The van der Waals surface area contributed by atoms with Crippen LogP contribution in [0.4, 0.5) is 5.69 Å². The first-order valence-corrected chi connectivity index (χ1v) is 5.20. The molecule has 16 heavy (non-hydrogen) atoms. The van der Waals surface area contributed by atoms with Crippen molar-refractivity contribution in [2.24, 2.45) is 7.05 Å². The summed E-state index contributed by atoms with van der Waals surface area (Å²) in [6.45, 7) is 0.326. The van der Waals surface area contributed by atoms with Gasteiger partial charge in [-0.25, -0.2) is 0 Å². The van der Waals surface area contributed by atoms with Crippen molar-refractivity contribution in [3.8, 4) is 0 Å². The van der Waals surface area contributed by atoms with Crippen molar-refractivity contribution in [3.05, 3.63) is 30.5 Å². The Kier molecular flexibility index (Phi) is 2.92. The monoisotopic (exact) mass is 217 g/mol. The molecule has 0 atom stereocenters. The van der Waals surface area contributed by atoms with Crippen molar-refractivity contribution < 1.29 is 4.79 Å². The fraction of sp³-hybridized carbons (Fsp3) is 0.250. The van der Waals surface area contributed by atoms with E-state index in [4.69, 9.17) is 0 Å². The fourth-order valence-electron chi connectivity index (χ4n) is 1.73. The van der Waals surface area contributed by atoms with Gasteiger partial charge in [-0.1, -0.05) is 0 Å². The first-order chi connectivity index (χ1) is 7.70. The third-order valence-corrected chi connectivity index (χ3v) is 2.51. The summed E-state index contributed by atoms with van der Waals surface area (Å²) in [6.07, 6.45) is 2.00. The van der Waals surface area contributed by atoms with E-state index >= 15 is 0 Å². The van der Waals surface area contributed by atoms with Crippen LogP contribution in [0.15, 0.2) is 30.5 Å². The van der Waals surface area contributed by atoms with E-state index in [0.717, 1.165) is 16.6 Å². The number of anilines is 1. The number of fused-ring (bicyclic) bond motifs is 1. The number of carbonyl (C=O) groups is 1. The van der Waals surface area contributed by atoms with Crippen LogP contribution in [0.1, 0.15) is 0 Å². The summed E-state index contributed by atoms with van der Waals surface area (Å²) in [5, 5.41) is 6.78. The van der Waals surface area contributed by atoms with Gasteiger partial charge in [-0.05, 0) is 31.3 Å². The molecule has 0 spiro atoms.